The first-order valence-corrected chi connectivity index (χ1v) is 8.37. The smallest absolute Gasteiger partial charge is 0.138 e. The van der Waals surface area contributed by atoms with E-state index in [0.29, 0.717) is 5.56 Å². The molecule has 24 heavy (non-hydrogen) atoms. The van der Waals surface area contributed by atoms with Crippen LogP contribution in [0.2, 0.25) is 0 Å². The first kappa shape index (κ1) is 14.6. The van der Waals surface area contributed by atoms with Crippen molar-refractivity contribution in [3.63, 3.8) is 0 Å². The van der Waals surface area contributed by atoms with Gasteiger partial charge in [-0.15, -0.1) is 0 Å². The fraction of sp³-hybridized carbons (Fsp3) is 0. The Bertz CT molecular complexity index is 1030. The average molecular weight is 327 g/mol. The third-order valence-electron chi connectivity index (χ3n) is 3.73. The van der Waals surface area contributed by atoms with Crippen LogP contribution < -0.4 is 0 Å². The van der Waals surface area contributed by atoms with E-state index in [4.69, 9.17) is 10.2 Å². The minimum atomic E-state index is 0.653. The lowest BCUT2D eigenvalue weighted by molar-refractivity contribution is 1.05. The van der Waals surface area contributed by atoms with E-state index in [-0.39, 0.29) is 0 Å². The molecule has 0 radical (unpaired) electrons. The van der Waals surface area contributed by atoms with Gasteiger partial charge in [-0.05, 0) is 36.4 Å². The van der Waals surface area contributed by atoms with Crippen LogP contribution in [0.5, 0.6) is 0 Å². The van der Waals surface area contributed by atoms with Gasteiger partial charge in [0.05, 0.1) is 11.6 Å². The Kier molecular flexibility index (Phi) is 3.78. The summed E-state index contributed by atoms with van der Waals surface area (Å²) in [7, 11) is 0. The summed E-state index contributed by atoms with van der Waals surface area (Å²) in [5.74, 6) is 0. The number of benzene rings is 2. The molecule has 0 bridgehead atoms. The molecule has 0 saturated heterocycles. The van der Waals surface area contributed by atoms with Crippen molar-refractivity contribution in [1.29, 1.82) is 5.26 Å². The summed E-state index contributed by atoms with van der Waals surface area (Å²) in [5, 5.41) is 10.1. The van der Waals surface area contributed by atoms with E-state index in [1.165, 1.54) is 0 Å². The number of aromatic nitrogens is 2. The molecule has 2 heterocycles. The van der Waals surface area contributed by atoms with Crippen LogP contribution in [0.4, 0.5) is 0 Å². The van der Waals surface area contributed by atoms with E-state index in [9.17, 15) is 0 Å². The maximum atomic E-state index is 8.99. The zero-order chi connectivity index (χ0) is 16.4. The van der Waals surface area contributed by atoms with Crippen LogP contribution in [0.1, 0.15) is 5.56 Å². The molecule has 0 spiro atoms. The highest BCUT2D eigenvalue weighted by molar-refractivity contribution is 7.99. The molecule has 4 aromatic rings. The summed E-state index contributed by atoms with van der Waals surface area (Å²) in [6.07, 6.45) is 2.03. The SMILES string of the molecule is N#Cc1ccc(-c2nc3ccccn3c2Sc2ccccc2)cc1. The van der Waals surface area contributed by atoms with Gasteiger partial charge in [-0.1, -0.05) is 48.2 Å². The maximum absolute atomic E-state index is 8.99. The Morgan fingerprint density at radius 1 is 0.875 bits per heavy atom. The largest absolute Gasteiger partial charge is 0.294 e. The number of pyridine rings is 1. The normalized spacial score (nSPS) is 10.6. The molecule has 4 rings (SSSR count). The lowest BCUT2D eigenvalue weighted by Crippen LogP contribution is -1.87. The third kappa shape index (κ3) is 2.66. The van der Waals surface area contributed by atoms with Crippen molar-refractivity contribution in [2.24, 2.45) is 0 Å². The van der Waals surface area contributed by atoms with Gasteiger partial charge in [0, 0.05) is 16.7 Å². The van der Waals surface area contributed by atoms with Crippen molar-refractivity contribution < 1.29 is 0 Å². The van der Waals surface area contributed by atoms with Crippen LogP contribution in [-0.2, 0) is 0 Å². The summed E-state index contributed by atoms with van der Waals surface area (Å²) < 4.78 is 2.10. The molecule has 0 fully saturated rings. The van der Waals surface area contributed by atoms with Gasteiger partial charge in [0.1, 0.15) is 16.4 Å². The van der Waals surface area contributed by atoms with Crippen molar-refractivity contribution in [3.8, 4) is 17.3 Å². The van der Waals surface area contributed by atoms with E-state index < -0.39 is 0 Å². The first-order chi connectivity index (χ1) is 11.8. The van der Waals surface area contributed by atoms with Crippen molar-refractivity contribution >= 4 is 17.4 Å². The second-order valence-corrected chi connectivity index (χ2v) is 6.36. The van der Waals surface area contributed by atoms with Crippen LogP contribution in [0.15, 0.2) is 88.9 Å². The highest BCUT2D eigenvalue weighted by atomic mass is 32.2. The molecule has 2 aromatic carbocycles. The number of nitriles is 1. The molecule has 0 saturated carbocycles. The molecule has 0 aliphatic rings. The minimum Gasteiger partial charge on any atom is -0.294 e. The maximum Gasteiger partial charge on any atom is 0.138 e. The first-order valence-electron chi connectivity index (χ1n) is 7.56. The van der Waals surface area contributed by atoms with Crippen LogP contribution >= 0.6 is 11.8 Å². The number of nitrogens with zero attached hydrogens (tertiary/aromatic N) is 3. The van der Waals surface area contributed by atoms with Gasteiger partial charge in [-0.3, -0.25) is 4.40 Å². The number of hydrogen-bond acceptors (Lipinski definition) is 3. The van der Waals surface area contributed by atoms with Crippen molar-refractivity contribution in [1.82, 2.24) is 9.38 Å². The van der Waals surface area contributed by atoms with E-state index in [0.717, 1.165) is 26.8 Å². The highest BCUT2D eigenvalue weighted by Gasteiger charge is 2.15. The number of imidazole rings is 1. The molecule has 0 unspecified atom stereocenters. The van der Waals surface area contributed by atoms with Crippen LogP contribution in [0.3, 0.4) is 0 Å². The predicted molar refractivity (Wildman–Crippen MR) is 95.9 cm³/mol. The molecule has 0 aliphatic carbocycles. The Morgan fingerprint density at radius 2 is 1.62 bits per heavy atom. The Labute approximate surface area is 144 Å². The average Bonchev–Trinajstić information content (AvgIpc) is 3.01. The third-order valence-corrected chi connectivity index (χ3v) is 4.82. The van der Waals surface area contributed by atoms with Gasteiger partial charge in [-0.2, -0.15) is 5.26 Å². The number of rotatable bonds is 3. The standard InChI is InChI=1S/C20H13N3S/c21-14-15-9-11-16(12-10-15)19-20(24-17-6-2-1-3-7-17)23-13-5-4-8-18(23)22-19/h1-13H. The molecule has 0 N–H and O–H groups in total. The second kappa shape index (κ2) is 6.23. The summed E-state index contributed by atoms with van der Waals surface area (Å²) in [6.45, 7) is 0. The fourth-order valence-corrected chi connectivity index (χ4v) is 3.59. The Hall–Kier alpha value is -3.03. The van der Waals surface area contributed by atoms with Crippen LogP contribution in [0.25, 0.3) is 16.9 Å². The topological polar surface area (TPSA) is 41.1 Å². The minimum absolute atomic E-state index is 0.653. The van der Waals surface area contributed by atoms with Crippen LogP contribution in [0, 0.1) is 11.3 Å². The van der Waals surface area contributed by atoms with E-state index in [2.05, 4.69) is 22.6 Å². The van der Waals surface area contributed by atoms with E-state index in [1.807, 2.05) is 66.9 Å². The predicted octanol–water partition coefficient (Wildman–Crippen LogP) is 5.02. The Morgan fingerprint density at radius 3 is 2.38 bits per heavy atom. The van der Waals surface area contributed by atoms with Gasteiger partial charge in [-0.25, -0.2) is 4.98 Å². The monoisotopic (exact) mass is 327 g/mol. The lowest BCUT2D eigenvalue weighted by Gasteiger charge is -2.05. The highest BCUT2D eigenvalue weighted by Crippen LogP contribution is 2.36. The molecule has 0 atom stereocenters. The van der Waals surface area contributed by atoms with E-state index in [1.54, 1.807) is 11.8 Å². The molecule has 0 amide bonds. The molecular formula is C20H13N3S. The summed E-state index contributed by atoms with van der Waals surface area (Å²) in [4.78, 5) is 5.96. The van der Waals surface area contributed by atoms with Gasteiger partial charge in [0.25, 0.3) is 0 Å². The summed E-state index contributed by atoms with van der Waals surface area (Å²) in [6, 6.07) is 26.0. The van der Waals surface area contributed by atoms with E-state index >= 15 is 0 Å². The molecule has 114 valence electrons. The van der Waals surface area contributed by atoms with Gasteiger partial charge < -0.3 is 0 Å². The number of hydrogen-bond donors (Lipinski definition) is 0. The fourth-order valence-electron chi connectivity index (χ4n) is 2.56. The zero-order valence-electron chi connectivity index (χ0n) is 12.8. The Balaban J connectivity index is 1.87. The number of fused-ring (bicyclic) bond motifs is 1. The van der Waals surface area contributed by atoms with Gasteiger partial charge in [0.15, 0.2) is 0 Å². The van der Waals surface area contributed by atoms with Crippen molar-refractivity contribution in [2.45, 2.75) is 9.92 Å². The molecule has 0 aliphatic heterocycles. The summed E-state index contributed by atoms with van der Waals surface area (Å²) >= 11 is 1.69. The van der Waals surface area contributed by atoms with Crippen LogP contribution in [-0.4, -0.2) is 9.38 Å². The summed E-state index contributed by atoms with van der Waals surface area (Å²) in [5.41, 5.74) is 3.51. The molecule has 3 nitrogen and oxygen atoms in total. The second-order valence-electron chi connectivity index (χ2n) is 5.30. The van der Waals surface area contributed by atoms with Crippen molar-refractivity contribution in [2.75, 3.05) is 0 Å². The van der Waals surface area contributed by atoms with Crippen molar-refractivity contribution in [3.05, 3.63) is 84.6 Å². The molecular weight excluding hydrogens is 314 g/mol. The van der Waals surface area contributed by atoms with Gasteiger partial charge >= 0.3 is 0 Å². The molecule has 4 heteroatoms. The quantitative estimate of drug-likeness (QED) is 0.530. The zero-order valence-corrected chi connectivity index (χ0v) is 13.6. The lowest BCUT2D eigenvalue weighted by atomic mass is 10.1. The molecule has 2 aromatic heterocycles. The van der Waals surface area contributed by atoms with Gasteiger partial charge in [0.2, 0.25) is 0 Å².